The predicted molar refractivity (Wildman–Crippen MR) is 75.9 cm³/mol. The number of aromatic amines is 1. The summed E-state index contributed by atoms with van der Waals surface area (Å²) in [4.78, 5) is 13.9. The van der Waals surface area contributed by atoms with Gasteiger partial charge in [0.1, 0.15) is 5.69 Å². The van der Waals surface area contributed by atoms with Gasteiger partial charge in [-0.2, -0.15) is 5.10 Å². The zero-order chi connectivity index (χ0) is 13.7. The van der Waals surface area contributed by atoms with Crippen molar-refractivity contribution in [3.05, 3.63) is 42.1 Å². The van der Waals surface area contributed by atoms with Gasteiger partial charge in [-0.25, -0.2) is 0 Å². The molecule has 0 aliphatic rings. The second-order valence-corrected chi connectivity index (χ2v) is 4.61. The van der Waals surface area contributed by atoms with Crippen molar-refractivity contribution >= 4 is 5.91 Å². The van der Waals surface area contributed by atoms with Gasteiger partial charge in [0, 0.05) is 19.2 Å². The van der Waals surface area contributed by atoms with Crippen LogP contribution in [0.2, 0.25) is 0 Å². The maximum atomic E-state index is 12.1. The Kier molecular flexibility index (Phi) is 4.34. The van der Waals surface area contributed by atoms with Crippen molar-refractivity contribution in [2.75, 3.05) is 13.6 Å². The van der Waals surface area contributed by atoms with Crippen LogP contribution in [0.3, 0.4) is 0 Å². The number of carbonyl (C=O) groups is 1. The van der Waals surface area contributed by atoms with E-state index in [4.69, 9.17) is 0 Å². The summed E-state index contributed by atoms with van der Waals surface area (Å²) in [6.07, 6.45) is 2.10. The third-order valence-electron chi connectivity index (χ3n) is 3.07. The van der Waals surface area contributed by atoms with Crippen LogP contribution in [-0.2, 0) is 0 Å². The van der Waals surface area contributed by atoms with Crippen molar-refractivity contribution in [3.8, 4) is 11.3 Å². The van der Waals surface area contributed by atoms with Gasteiger partial charge >= 0.3 is 0 Å². The first-order valence-electron chi connectivity index (χ1n) is 6.58. The molecule has 4 nitrogen and oxygen atoms in total. The number of amides is 1. The van der Waals surface area contributed by atoms with Gasteiger partial charge in [-0.1, -0.05) is 43.7 Å². The topological polar surface area (TPSA) is 49.0 Å². The number of aromatic nitrogens is 2. The summed E-state index contributed by atoms with van der Waals surface area (Å²) in [5.41, 5.74) is 2.35. The first-order chi connectivity index (χ1) is 9.22. The molecule has 0 bridgehead atoms. The lowest BCUT2D eigenvalue weighted by Gasteiger charge is -2.15. The van der Waals surface area contributed by atoms with Crippen LogP contribution >= 0.6 is 0 Å². The molecule has 2 rings (SSSR count). The first-order valence-corrected chi connectivity index (χ1v) is 6.58. The number of nitrogens with zero attached hydrogens (tertiary/aromatic N) is 2. The van der Waals surface area contributed by atoms with E-state index in [1.54, 1.807) is 11.0 Å². The van der Waals surface area contributed by atoms with Gasteiger partial charge in [0.05, 0.1) is 5.69 Å². The minimum atomic E-state index is -0.0110. The van der Waals surface area contributed by atoms with Gasteiger partial charge in [-0.3, -0.25) is 9.89 Å². The summed E-state index contributed by atoms with van der Waals surface area (Å²) in [6, 6.07) is 11.6. The maximum Gasteiger partial charge on any atom is 0.271 e. The fourth-order valence-electron chi connectivity index (χ4n) is 1.89. The number of benzene rings is 1. The molecule has 0 unspecified atom stereocenters. The lowest BCUT2D eigenvalue weighted by atomic mass is 10.1. The fraction of sp³-hybridized carbons (Fsp3) is 0.333. The molecule has 1 aromatic heterocycles. The van der Waals surface area contributed by atoms with E-state index in [1.807, 2.05) is 37.4 Å². The van der Waals surface area contributed by atoms with Crippen LogP contribution < -0.4 is 0 Å². The van der Waals surface area contributed by atoms with Crippen LogP contribution in [0.4, 0.5) is 0 Å². The molecule has 100 valence electrons. The molecule has 1 heterocycles. The zero-order valence-corrected chi connectivity index (χ0v) is 11.4. The largest absolute Gasteiger partial charge is 0.340 e. The van der Waals surface area contributed by atoms with Crippen LogP contribution in [0, 0.1) is 0 Å². The van der Waals surface area contributed by atoms with Crippen LogP contribution in [-0.4, -0.2) is 34.6 Å². The Balaban J connectivity index is 2.11. The van der Waals surface area contributed by atoms with Crippen LogP contribution in [0.15, 0.2) is 36.4 Å². The Hall–Kier alpha value is -2.10. The highest BCUT2D eigenvalue weighted by atomic mass is 16.2. The van der Waals surface area contributed by atoms with Crippen molar-refractivity contribution in [2.24, 2.45) is 0 Å². The number of hydrogen-bond acceptors (Lipinski definition) is 2. The van der Waals surface area contributed by atoms with Gasteiger partial charge < -0.3 is 4.90 Å². The van der Waals surface area contributed by atoms with Crippen molar-refractivity contribution in [1.82, 2.24) is 15.1 Å². The molecule has 0 saturated carbocycles. The van der Waals surface area contributed by atoms with Gasteiger partial charge in [-0.05, 0) is 12.5 Å². The molecule has 0 spiro atoms. The van der Waals surface area contributed by atoms with Crippen molar-refractivity contribution in [2.45, 2.75) is 19.8 Å². The molecule has 0 fully saturated rings. The number of carbonyl (C=O) groups excluding carboxylic acids is 1. The predicted octanol–water partition coefficient (Wildman–Crippen LogP) is 2.95. The Morgan fingerprint density at radius 2 is 2.05 bits per heavy atom. The molecule has 1 N–H and O–H groups in total. The minimum absolute atomic E-state index is 0.0110. The van der Waals surface area contributed by atoms with E-state index in [9.17, 15) is 4.79 Å². The second kappa shape index (κ2) is 6.18. The van der Waals surface area contributed by atoms with Crippen LogP contribution in [0.5, 0.6) is 0 Å². The molecule has 0 aliphatic heterocycles. The summed E-state index contributed by atoms with van der Waals surface area (Å²) in [5.74, 6) is -0.0110. The van der Waals surface area contributed by atoms with Gasteiger partial charge in [0.25, 0.3) is 5.91 Å². The molecular weight excluding hydrogens is 238 g/mol. The minimum Gasteiger partial charge on any atom is -0.340 e. The van der Waals surface area contributed by atoms with E-state index in [0.29, 0.717) is 5.69 Å². The smallest absolute Gasteiger partial charge is 0.271 e. The van der Waals surface area contributed by atoms with Crippen LogP contribution in [0.25, 0.3) is 11.3 Å². The number of H-pyrrole nitrogens is 1. The molecule has 0 aliphatic carbocycles. The number of rotatable bonds is 5. The summed E-state index contributed by atoms with van der Waals surface area (Å²) in [7, 11) is 1.82. The molecule has 1 amide bonds. The maximum absolute atomic E-state index is 12.1. The first kappa shape index (κ1) is 13.3. The highest BCUT2D eigenvalue weighted by Crippen LogP contribution is 2.17. The molecule has 4 heteroatoms. The Bertz CT molecular complexity index is 533. The molecule has 0 saturated heterocycles. The van der Waals surface area contributed by atoms with E-state index >= 15 is 0 Å². The van der Waals surface area contributed by atoms with Crippen molar-refractivity contribution in [1.29, 1.82) is 0 Å². The van der Waals surface area contributed by atoms with E-state index in [0.717, 1.165) is 30.6 Å². The third kappa shape index (κ3) is 3.22. The Morgan fingerprint density at radius 1 is 1.32 bits per heavy atom. The Morgan fingerprint density at radius 3 is 2.74 bits per heavy atom. The third-order valence-corrected chi connectivity index (χ3v) is 3.07. The molecule has 19 heavy (non-hydrogen) atoms. The van der Waals surface area contributed by atoms with Crippen LogP contribution in [0.1, 0.15) is 30.3 Å². The van der Waals surface area contributed by atoms with Gasteiger partial charge in [-0.15, -0.1) is 0 Å². The second-order valence-electron chi connectivity index (χ2n) is 4.61. The molecular formula is C15H19N3O. The molecule has 2 aromatic rings. The van der Waals surface area contributed by atoms with E-state index < -0.39 is 0 Å². The van der Waals surface area contributed by atoms with E-state index in [1.165, 1.54) is 0 Å². The SMILES string of the molecule is CCCCN(C)C(=O)c1cc(-c2ccccc2)n[nH]1. The monoisotopic (exact) mass is 257 g/mol. The molecule has 0 atom stereocenters. The highest BCUT2D eigenvalue weighted by molar-refractivity contribution is 5.93. The Labute approximate surface area is 113 Å². The molecule has 1 aromatic carbocycles. The normalized spacial score (nSPS) is 10.4. The number of nitrogens with one attached hydrogen (secondary N) is 1. The summed E-state index contributed by atoms with van der Waals surface area (Å²) in [5, 5.41) is 7.02. The summed E-state index contributed by atoms with van der Waals surface area (Å²) < 4.78 is 0. The lowest BCUT2D eigenvalue weighted by Crippen LogP contribution is -2.27. The van der Waals surface area contributed by atoms with Crippen molar-refractivity contribution in [3.63, 3.8) is 0 Å². The quantitative estimate of drug-likeness (QED) is 0.895. The van der Waals surface area contributed by atoms with Gasteiger partial charge in [0.15, 0.2) is 0 Å². The van der Waals surface area contributed by atoms with Crippen molar-refractivity contribution < 1.29 is 4.79 Å². The highest BCUT2D eigenvalue weighted by Gasteiger charge is 2.14. The number of unbranched alkanes of at least 4 members (excludes halogenated alkanes) is 1. The standard InChI is InChI=1S/C15H19N3O/c1-3-4-10-18(2)15(19)14-11-13(16-17-14)12-8-6-5-7-9-12/h5-9,11H,3-4,10H2,1-2H3,(H,16,17). The lowest BCUT2D eigenvalue weighted by molar-refractivity contribution is 0.0787. The number of hydrogen-bond donors (Lipinski definition) is 1. The summed E-state index contributed by atoms with van der Waals surface area (Å²) in [6.45, 7) is 2.89. The fourth-order valence-corrected chi connectivity index (χ4v) is 1.89. The average Bonchev–Trinajstić information content (AvgIpc) is 2.94. The average molecular weight is 257 g/mol. The summed E-state index contributed by atoms with van der Waals surface area (Å²) >= 11 is 0. The molecule has 0 radical (unpaired) electrons. The zero-order valence-electron chi connectivity index (χ0n) is 11.4. The van der Waals surface area contributed by atoms with Gasteiger partial charge in [0.2, 0.25) is 0 Å². The van der Waals surface area contributed by atoms with E-state index in [-0.39, 0.29) is 5.91 Å². The van der Waals surface area contributed by atoms with E-state index in [2.05, 4.69) is 17.1 Å².